The predicted octanol–water partition coefficient (Wildman–Crippen LogP) is 3.83. The molecule has 0 aromatic heterocycles. The number of rotatable bonds is 7. The zero-order chi connectivity index (χ0) is 12.7. The van der Waals surface area contributed by atoms with E-state index in [1.165, 1.54) is 11.1 Å². The third-order valence-electron chi connectivity index (χ3n) is 2.70. The predicted molar refractivity (Wildman–Crippen MR) is 76.4 cm³/mol. The molecule has 0 heterocycles. The van der Waals surface area contributed by atoms with Gasteiger partial charge in [0.05, 0.1) is 12.6 Å². The fraction of sp³-hybridized carbons (Fsp3) is 0.571. The van der Waals surface area contributed by atoms with Crippen LogP contribution in [0.1, 0.15) is 37.4 Å². The van der Waals surface area contributed by atoms with Crippen molar-refractivity contribution < 1.29 is 4.74 Å². The van der Waals surface area contributed by atoms with Gasteiger partial charge in [0.2, 0.25) is 0 Å². The lowest BCUT2D eigenvalue weighted by molar-refractivity contribution is 0.112. The van der Waals surface area contributed by atoms with E-state index in [0.29, 0.717) is 0 Å². The van der Waals surface area contributed by atoms with Gasteiger partial charge in [0.15, 0.2) is 0 Å². The van der Waals surface area contributed by atoms with Crippen molar-refractivity contribution in [3.8, 4) is 0 Å². The van der Waals surface area contributed by atoms with Gasteiger partial charge in [0, 0.05) is 11.1 Å². The van der Waals surface area contributed by atoms with E-state index < -0.39 is 0 Å². The van der Waals surface area contributed by atoms with E-state index in [1.54, 1.807) is 0 Å². The number of halogens is 1. The molecule has 0 fully saturated rings. The second kappa shape index (κ2) is 7.85. The molecule has 17 heavy (non-hydrogen) atoms. The zero-order valence-electron chi connectivity index (χ0n) is 10.9. The number of hydrogen-bond acceptors (Lipinski definition) is 2. The van der Waals surface area contributed by atoms with Gasteiger partial charge >= 0.3 is 0 Å². The van der Waals surface area contributed by atoms with E-state index >= 15 is 0 Å². The number of aryl methyl sites for hydroxylation is 1. The highest BCUT2D eigenvalue weighted by Gasteiger charge is 2.13. The summed E-state index contributed by atoms with van der Waals surface area (Å²) in [4.78, 5) is 0. The summed E-state index contributed by atoms with van der Waals surface area (Å²) >= 11 is 3.53. The summed E-state index contributed by atoms with van der Waals surface area (Å²) in [7, 11) is 0. The molecular formula is C14H22BrNO. The maximum Gasteiger partial charge on any atom is 0.0661 e. The highest BCUT2D eigenvalue weighted by atomic mass is 79.9. The standard InChI is InChI=1S/C14H22BrNO/c1-4-8-17-10-14(16-5-2)13-9-12(15)7-6-11(13)3/h6-7,9,14,16H,4-5,8,10H2,1-3H3. The summed E-state index contributed by atoms with van der Waals surface area (Å²) < 4.78 is 6.79. The molecule has 96 valence electrons. The second-order valence-electron chi connectivity index (χ2n) is 4.19. The van der Waals surface area contributed by atoms with Gasteiger partial charge in [-0.25, -0.2) is 0 Å². The normalized spacial score (nSPS) is 12.7. The summed E-state index contributed by atoms with van der Waals surface area (Å²) in [6, 6.07) is 6.68. The quantitative estimate of drug-likeness (QED) is 0.773. The van der Waals surface area contributed by atoms with E-state index in [0.717, 1.165) is 30.7 Å². The molecule has 1 atom stereocenters. The fourth-order valence-electron chi connectivity index (χ4n) is 1.84. The Morgan fingerprint density at radius 1 is 1.35 bits per heavy atom. The number of ether oxygens (including phenoxy) is 1. The highest BCUT2D eigenvalue weighted by molar-refractivity contribution is 9.10. The first-order valence-corrected chi connectivity index (χ1v) is 7.05. The smallest absolute Gasteiger partial charge is 0.0661 e. The van der Waals surface area contributed by atoms with Crippen molar-refractivity contribution in [3.63, 3.8) is 0 Å². The Hall–Kier alpha value is -0.380. The molecule has 0 bridgehead atoms. The summed E-state index contributed by atoms with van der Waals surface area (Å²) in [6.45, 7) is 8.92. The summed E-state index contributed by atoms with van der Waals surface area (Å²) in [6.07, 6.45) is 1.07. The number of likely N-dealkylation sites (N-methyl/N-ethyl adjacent to an activating group) is 1. The third-order valence-corrected chi connectivity index (χ3v) is 3.19. The van der Waals surface area contributed by atoms with Crippen LogP contribution in [-0.2, 0) is 4.74 Å². The Morgan fingerprint density at radius 2 is 2.12 bits per heavy atom. The average Bonchev–Trinajstić information content (AvgIpc) is 2.32. The van der Waals surface area contributed by atoms with E-state index in [1.807, 2.05) is 0 Å². The topological polar surface area (TPSA) is 21.3 Å². The number of nitrogens with one attached hydrogen (secondary N) is 1. The highest BCUT2D eigenvalue weighted by Crippen LogP contribution is 2.22. The van der Waals surface area contributed by atoms with Gasteiger partial charge in [-0.15, -0.1) is 0 Å². The minimum Gasteiger partial charge on any atom is -0.379 e. The van der Waals surface area contributed by atoms with Crippen LogP contribution in [0.15, 0.2) is 22.7 Å². The molecule has 1 N–H and O–H groups in total. The SMILES string of the molecule is CCCOCC(NCC)c1cc(Br)ccc1C. The summed E-state index contributed by atoms with van der Waals surface area (Å²) in [5.74, 6) is 0. The van der Waals surface area contributed by atoms with Gasteiger partial charge < -0.3 is 10.1 Å². The van der Waals surface area contributed by atoms with Crippen molar-refractivity contribution in [1.29, 1.82) is 0 Å². The van der Waals surface area contributed by atoms with Crippen molar-refractivity contribution in [3.05, 3.63) is 33.8 Å². The Morgan fingerprint density at radius 3 is 2.76 bits per heavy atom. The minimum atomic E-state index is 0.282. The molecule has 0 saturated carbocycles. The van der Waals surface area contributed by atoms with Crippen molar-refractivity contribution in [1.82, 2.24) is 5.32 Å². The minimum absolute atomic E-state index is 0.282. The van der Waals surface area contributed by atoms with E-state index in [2.05, 4.69) is 60.2 Å². The third kappa shape index (κ3) is 4.78. The van der Waals surface area contributed by atoms with Gasteiger partial charge in [-0.2, -0.15) is 0 Å². The molecule has 3 heteroatoms. The van der Waals surface area contributed by atoms with Crippen LogP contribution in [0.3, 0.4) is 0 Å². The molecule has 0 aliphatic rings. The van der Waals surface area contributed by atoms with Crippen LogP contribution >= 0.6 is 15.9 Å². The lowest BCUT2D eigenvalue weighted by Gasteiger charge is -2.20. The number of benzene rings is 1. The largest absolute Gasteiger partial charge is 0.379 e. The second-order valence-corrected chi connectivity index (χ2v) is 5.10. The molecule has 0 aliphatic heterocycles. The van der Waals surface area contributed by atoms with Crippen LogP contribution in [0.2, 0.25) is 0 Å². The first kappa shape index (κ1) is 14.7. The molecule has 0 saturated heterocycles. The van der Waals surface area contributed by atoms with Crippen LogP contribution in [0.5, 0.6) is 0 Å². The Balaban J connectivity index is 2.77. The lowest BCUT2D eigenvalue weighted by Crippen LogP contribution is -2.26. The van der Waals surface area contributed by atoms with Crippen molar-refractivity contribution in [2.75, 3.05) is 19.8 Å². The van der Waals surface area contributed by atoms with Crippen molar-refractivity contribution >= 4 is 15.9 Å². The van der Waals surface area contributed by atoms with Gasteiger partial charge in [0.25, 0.3) is 0 Å². The Bertz CT molecular complexity index is 341. The molecular weight excluding hydrogens is 278 g/mol. The van der Waals surface area contributed by atoms with Gasteiger partial charge in [-0.3, -0.25) is 0 Å². The molecule has 0 spiro atoms. The molecule has 0 amide bonds. The van der Waals surface area contributed by atoms with Crippen LogP contribution < -0.4 is 5.32 Å². The molecule has 1 aromatic rings. The summed E-state index contributed by atoms with van der Waals surface area (Å²) in [5.41, 5.74) is 2.62. The average molecular weight is 300 g/mol. The van der Waals surface area contributed by atoms with Gasteiger partial charge in [-0.1, -0.05) is 35.8 Å². The molecule has 1 rings (SSSR count). The zero-order valence-corrected chi connectivity index (χ0v) is 12.5. The lowest BCUT2D eigenvalue weighted by atomic mass is 10.0. The Kier molecular flexibility index (Phi) is 6.78. The first-order chi connectivity index (χ1) is 8.19. The molecule has 2 nitrogen and oxygen atoms in total. The summed E-state index contributed by atoms with van der Waals surface area (Å²) in [5, 5.41) is 3.48. The maximum absolute atomic E-state index is 5.67. The van der Waals surface area contributed by atoms with E-state index in [-0.39, 0.29) is 6.04 Å². The van der Waals surface area contributed by atoms with Crippen molar-refractivity contribution in [2.24, 2.45) is 0 Å². The van der Waals surface area contributed by atoms with Crippen LogP contribution in [0.25, 0.3) is 0 Å². The Labute approximate surface area is 113 Å². The van der Waals surface area contributed by atoms with Gasteiger partial charge in [-0.05, 0) is 43.1 Å². The fourth-order valence-corrected chi connectivity index (χ4v) is 2.22. The molecule has 0 aliphatic carbocycles. The first-order valence-electron chi connectivity index (χ1n) is 6.26. The van der Waals surface area contributed by atoms with E-state index in [9.17, 15) is 0 Å². The van der Waals surface area contributed by atoms with Crippen LogP contribution in [0.4, 0.5) is 0 Å². The molecule has 1 aromatic carbocycles. The van der Waals surface area contributed by atoms with E-state index in [4.69, 9.17) is 4.74 Å². The number of hydrogen-bond donors (Lipinski definition) is 1. The maximum atomic E-state index is 5.67. The van der Waals surface area contributed by atoms with Crippen LogP contribution in [0, 0.1) is 6.92 Å². The van der Waals surface area contributed by atoms with Crippen LogP contribution in [-0.4, -0.2) is 19.8 Å². The monoisotopic (exact) mass is 299 g/mol. The van der Waals surface area contributed by atoms with Crippen molar-refractivity contribution in [2.45, 2.75) is 33.2 Å². The molecule has 0 radical (unpaired) electrons. The van der Waals surface area contributed by atoms with Gasteiger partial charge in [0.1, 0.15) is 0 Å². The molecule has 1 unspecified atom stereocenters.